The zero-order valence-corrected chi connectivity index (χ0v) is 22.6. The molecule has 35 heavy (non-hydrogen) atoms. The lowest BCUT2D eigenvalue weighted by atomic mass is 10.1. The third kappa shape index (κ3) is 8.09. The molecular formula is C27H39N3O4S. The Morgan fingerprint density at radius 2 is 1.63 bits per heavy atom. The van der Waals surface area contributed by atoms with E-state index in [-0.39, 0.29) is 24.9 Å². The quantitative estimate of drug-likeness (QED) is 0.478. The number of nitrogens with one attached hydrogen (secondary N) is 1. The summed E-state index contributed by atoms with van der Waals surface area (Å²) in [4.78, 5) is 28.3. The average molecular weight is 502 g/mol. The smallest absolute Gasteiger partial charge is 0.244 e. The number of nitrogens with zero attached hydrogens (tertiary/aromatic N) is 2. The second-order valence-corrected chi connectivity index (χ2v) is 11.2. The van der Waals surface area contributed by atoms with Gasteiger partial charge in [0.2, 0.25) is 21.8 Å². The first-order valence-corrected chi connectivity index (χ1v) is 14.0. The SMILES string of the molecule is CCc1ccccc1N(CC(=O)N(Cc1ccc(C)cc1)[C@H](CC)C(=O)NCC(C)C)S(C)(=O)=O. The van der Waals surface area contributed by atoms with Crippen LogP contribution < -0.4 is 9.62 Å². The van der Waals surface area contributed by atoms with Crippen molar-refractivity contribution in [1.82, 2.24) is 10.2 Å². The molecule has 0 unspecified atom stereocenters. The predicted octanol–water partition coefficient (Wildman–Crippen LogP) is 3.90. The molecule has 1 atom stereocenters. The summed E-state index contributed by atoms with van der Waals surface area (Å²) in [5, 5.41) is 2.93. The van der Waals surface area contributed by atoms with E-state index in [1.54, 1.807) is 12.1 Å². The molecule has 0 spiro atoms. The average Bonchev–Trinajstić information content (AvgIpc) is 2.81. The Morgan fingerprint density at radius 3 is 2.17 bits per heavy atom. The lowest BCUT2D eigenvalue weighted by Crippen LogP contribution is -2.52. The van der Waals surface area contributed by atoms with E-state index >= 15 is 0 Å². The molecule has 0 aliphatic carbocycles. The van der Waals surface area contributed by atoms with Crippen molar-refractivity contribution in [3.63, 3.8) is 0 Å². The standard InChI is InChI=1S/C27H39N3O4S/c1-7-23-11-9-10-12-25(23)30(35(6,33)34)19-26(31)29(18-22-15-13-21(5)14-16-22)24(8-2)27(32)28-17-20(3)4/h9-16,20,24H,7-8,17-19H2,1-6H3,(H,28,32)/t24-/m1/s1. The van der Waals surface area contributed by atoms with E-state index in [4.69, 9.17) is 0 Å². The van der Waals surface area contributed by atoms with Gasteiger partial charge in [0, 0.05) is 13.1 Å². The minimum atomic E-state index is -3.75. The van der Waals surface area contributed by atoms with Gasteiger partial charge in [0.1, 0.15) is 12.6 Å². The van der Waals surface area contributed by atoms with E-state index < -0.39 is 22.0 Å². The zero-order valence-electron chi connectivity index (χ0n) is 21.7. The number of para-hydroxylation sites is 1. The molecule has 0 saturated heterocycles. The first-order chi connectivity index (χ1) is 16.5. The van der Waals surface area contributed by atoms with Crippen molar-refractivity contribution in [3.8, 4) is 0 Å². The Kier molecular flexibility index (Phi) is 10.3. The number of rotatable bonds is 12. The number of sulfonamides is 1. The maximum absolute atomic E-state index is 13.7. The van der Waals surface area contributed by atoms with Crippen LogP contribution in [-0.4, -0.2) is 50.5 Å². The molecule has 0 radical (unpaired) electrons. The van der Waals surface area contributed by atoms with E-state index in [1.807, 2.05) is 71.0 Å². The van der Waals surface area contributed by atoms with Crippen LogP contribution in [0.4, 0.5) is 5.69 Å². The number of aryl methyl sites for hydroxylation is 2. The molecule has 192 valence electrons. The van der Waals surface area contributed by atoms with Gasteiger partial charge < -0.3 is 10.2 Å². The summed E-state index contributed by atoms with van der Waals surface area (Å²) in [6.07, 6.45) is 2.13. The third-order valence-electron chi connectivity index (χ3n) is 5.86. The Labute approximate surface area is 210 Å². The number of carbonyl (C=O) groups excluding carboxylic acids is 2. The van der Waals surface area contributed by atoms with E-state index in [2.05, 4.69) is 5.32 Å². The van der Waals surface area contributed by atoms with Gasteiger partial charge in [0.05, 0.1) is 11.9 Å². The molecule has 0 heterocycles. The van der Waals surface area contributed by atoms with Crippen LogP contribution in [-0.2, 0) is 32.6 Å². The van der Waals surface area contributed by atoms with Crippen LogP contribution >= 0.6 is 0 Å². The van der Waals surface area contributed by atoms with Gasteiger partial charge in [-0.05, 0) is 42.9 Å². The molecule has 0 bridgehead atoms. The van der Waals surface area contributed by atoms with Crippen molar-refractivity contribution in [3.05, 3.63) is 65.2 Å². The first-order valence-electron chi connectivity index (χ1n) is 12.2. The highest BCUT2D eigenvalue weighted by Crippen LogP contribution is 2.24. The van der Waals surface area contributed by atoms with Gasteiger partial charge in [-0.2, -0.15) is 0 Å². The number of amides is 2. The molecular weight excluding hydrogens is 462 g/mol. The first kappa shape index (κ1) is 28.4. The second kappa shape index (κ2) is 12.7. The van der Waals surface area contributed by atoms with Gasteiger partial charge >= 0.3 is 0 Å². The highest BCUT2D eigenvalue weighted by molar-refractivity contribution is 7.92. The van der Waals surface area contributed by atoms with Crippen LogP contribution in [0.3, 0.4) is 0 Å². The second-order valence-electron chi connectivity index (χ2n) is 9.32. The number of anilines is 1. The molecule has 2 aromatic rings. The van der Waals surface area contributed by atoms with Crippen molar-refractivity contribution in [1.29, 1.82) is 0 Å². The molecule has 8 heteroatoms. The summed E-state index contributed by atoms with van der Waals surface area (Å²) in [6.45, 7) is 10.1. The van der Waals surface area contributed by atoms with Gasteiger partial charge in [-0.3, -0.25) is 13.9 Å². The van der Waals surface area contributed by atoms with Gasteiger partial charge in [-0.15, -0.1) is 0 Å². The summed E-state index contributed by atoms with van der Waals surface area (Å²) in [7, 11) is -3.75. The lowest BCUT2D eigenvalue weighted by molar-refractivity contribution is -0.140. The van der Waals surface area contributed by atoms with Crippen molar-refractivity contribution in [2.75, 3.05) is 23.7 Å². The lowest BCUT2D eigenvalue weighted by Gasteiger charge is -2.33. The maximum atomic E-state index is 13.7. The fraction of sp³-hybridized carbons (Fsp3) is 0.481. The molecule has 0 aromatic heterocycles. The van der Waals surface area contributed by atoms with Gasteiger partial charge in [0.25, 0.3) is 0 Å². The minimum absolute atomic E-state index is 0.208. The largest absolute Gasteiger partial charge is 0.354 e. The number of carbonyl (C=O) groups is 2. The van der Waals surface area contributed by atoms with Gasteiger partial charge in [0.15, 0.2) is 0 Å². The molecule has 2 amide bonds. The summed E-state index contributed by atoms with van der Waals surface area (Å²) < 4.78 is 26.7. The van der Waals surface area contributed by atoms with Crippen LogP contribution in [0.5, 0.6) is 0 Å². The topological polar surface area (TPSA) is 86.8 Å². The van der Waals surface area contributed by atoms with Crippen molar-refractivity contribution in [2.45, 2.75) is 60.0 Å². The van der Waals surface area contributed by atoms with Gasteiger partial charge in [-0.1, -0.05) is 75.7 Å². The van der Waals surface area contributed by atoms with E-state index in [9.17, 15) is 18.0 Å². The molecule has 1 N–H and O–H groups in total. The Balaban J connectivity index is 2.44. The summed E-state index contributed by atoms with van der Waals surface area (Å²) in [6, 6.07) is 14.2. The number of hydrogen-bond donors (Lipinski definition) is 1. The van der Waals surface area contributed by atoms with Crippen molar-refractivity contribution in [2.24, 2.45) is 5.92 Å². The molecule has 0 saturated carbocycles. The minimum Gasteiger partial charge on any atom is -0.354 e. The highest BCUT2D eigenvalue weighted by Gasteiger charge is 2.32. The molecule has 0 aliphatic heterocycles. The van der Waals surface area contributed by atoms with E-state index in [1.165, 1.54) is 4.90 Å². The summed E-state index contributed by atoms with van der Waals surface area (Å²) in [5.41, 5.74) is 3.28. The summed E-state index contributed by atoms with van der Waals surface area (Å²) in [5.74, 6) is -0.390. The normalized spacial score (nSPS) is 12.3. The molecule has 2 rings (SSSR count). The Morgan fingerprint density at radius 1 is 1.00 bits per heavy atom. The van der Waals surface area contributed by atoms with Crippen LogP contribution in [0.25, 0.3) is 0 Å². The molecule has 7 nitrogen and oxygen atoms in total. The van der Waals surface area contributed by atoms with Crippen LogP contribution in [0, 0.1) is 12.8 Å². The van der Waals surface area contributed by atoms with Crippen LogP contribution in [0.15, 0.2) is 48.5 Å². The van der Waals surface area contributed by atoms with E-state index in [0.29, 0.717) is 25.1 Å². The number of benzene rings is 2. The fourth-order valence-corrected chi connectivity index (χ4v) is 4.76. The van der Waals surface area contributed by atoms with Gasteiger partial charge in [-0.25, -0.2) is 8.42 Å². The highest BCUT2D eigenvalue weighted by atomic mass is 32.2. The molecule has 2 aromatic carbocycles. The van der Waals surface area contributed by atoms with Crippen LogP contribution in [0.1, 0.15) is 50.8 Å². The fourth-order valence-electron chi connectivity index (χ4n) is 3.88. The third-order valence-corrected chi connectivity index (χ3v) is 6.99. The molecule has 0 fully saturated rings. The van der Waals surface area contributed by atoms with E-state index in [0.717, 1.165) is 27.3 Å². The summed E-state index contributed by atoms with van der Waals surface area (Å²) >= 11 is 0. The number of hydrogen-bond acceptors (Lipinski definition) is 4. The predicted molar refractivity (Wildman–Crippen MR) is 142 cm³/mol. The Bertz CT molecular complexity index is 1100. The maximum Gasteiger partial charge on any atom is 0.244 e. The van der Waals surface area contributed by atoms with Crippen molar-refractivity contribution < 1.29 is 18.0 Å². The molecule has 0 aliphatic rings. The van der Waals surface area contributed by atoms with Crippen LogP contribution in [0.2, 0.25) is 0 Å². The monoisotopic (exact) mass is 501 g/mol. The zero-order chi connectivity index (χ0) is 26.2. The van der Waals surface area contributed by atoms with Crippen molar-refractivity contribution >= 4 is 27.5 Å². The Hall–Kier alpha value is -2.87.